The average molecular weight is 201 g/mol. The van der Waals surface area contributed by atoms with E-state index in [2.05, 4.69) is 4.98 Å². The van der Waals surface area contributed by atoms with Gasteiger partial charge in [0.2, 0.25) is 0 Å². The number of aromatic nitrogens is 1. The van der Waals surface area contributed by atoms with Crippen LogP contribution in [-0.2, 0) is 0 Å². The Morgan fingerprint density at radius 1 is 1.60 bits per heavy atom. The molecule has 1 rings (SSSR count). The van der Waals surface area contributed by atoms with Crippen molar-refractivity contribution in [3.8, 4) is 6.07 Å². The fourth-order valence-electron chi connectivity index (χ4n) is 0.510. The van der Waals surface area contributed by atoms with Gasteiger partial charge in [0.25, 0.3) is 5.56 Å². The standard InChI is InChI=1S/C6H4N2O.BrH/c7-4-5-2-1-3-8-6(5)9;/h1-3H,(H,8,9);1H. The van der Waals surface area contributed by atoms with Crippen LogP contribution in [0.25, 0.3) is 0 Å². The first kappa shape index (κ1) is 8.92. The number of rotatable bonds is 0. The van der Waals surface area contributed by atoms with Crippen molar-refractivity contribution in [1.29, 1.82) is 5.26 Å². The molecule has 10 heavy (non-hydrogen) atoms. The van der Waals surface area contributed by atoms with E-state index in [4.69, 9.17) is 5.26 Å². The fraction of sp³-hybridized carbons (Fsp3) is 0. The van der Waals surface area contributed by atoms with E-state index < -0.39 is 0 Å². The second-order valence-corrected chi connectivity index (χ2v) is 1.52. The molecule has 0 aliphatic carbocycles. The van der Waals surface area contributed by atoms with Gasteiger partial charge in [-0.2, -0.15) is 5.26 Å². The Balaban J connectivity index is 0.000000810. The lowest BCUT2D eigenvalue weighted by atomic mass is 10.3. The van der Waals surface area contributed by atoms with E-state index in [9.17, 15) is 4.79 Å². The molecule has 52 valence electrons. The topological polar surface area (TPSA) is 56.6 Å². The molecule has 0 bridgehead atoms. The summed E-state index contributed by atoms with van der Waals surface area (Å²) in [4.78, 5) is 12.9. The minimum Gasteiger partial charge on any atom is -0.328 e. The number of nitriles is 1. The maximum Gasteiger partial charge on any atom is 0.265 e. The third kappa shape index (κ3) is 1.71. The van der Waals surface area contributed by atoms with Gasteiger partial charge in [0, 0.05) is 6.20 Å². The van der Waals surface area contributed by atoms with Crippen LogP contribution in [0.1, 0.15) is 5.56 Å². The van der Waals surface area contributed by atoms with Crippen LogP contribution in [0, 0.1) is 11.3 Å². The molecule has 3 nitrogen and oxygen atoms in total. The SMILES string of the molecule is Br.N#Cc1ccc[nH]c1=O. The van der Waals surface area contributed by atoms with E-state index in [1.165, 1.54) is 12.3 Å². The minimum atomic E-state index is -0.333. The highest BCUT2D eigenvalue weighted by Gasteiger charge is 1.90. The molecule has 0 atom stereocenters. The van der Waals surface area contributed by atoms with Crippen molar-refractivity contribution in [2.24, 2.45) is 0 Å². The van der Waals surface area contributed by atoms with E-state index in [1.54, 1.807) is 12.1 Å². The molecule has 0 saturated heterocycles. The van der Waals surface area contributed by atoms with Crippen LogP contribution in [0.2, 0.25) is 0 Å². The summed E-state index contributed by atoms with van der Waals surface area (Å²) in [5.74, 6) is 0. The maximum absolute atomic E-state index is 10.6. The zero-order chi connectivity index (χ0) is 6.69. The van der Waals surface area contributed by atoms with Crippen LogP contribution in [-0.4, -0.2) is 4.98 Å². The van der Waals surface area contributed by atoms with E-state index in [1.807, 2.05) is 0 Å². The van der Waals surface area contributed by atoms with Crippen molar-refractivity contribution in [2.45, 2.75) is 0 Å². The van der Waals surface area contributed by atoms with Gasteiger partial charge in [0.05, 0.1) is 0 Å². The fourth-order valence-corrected chi connectivity index (χ4v) is 0.510. The van der Waals surface area contributed by atoms with Gasteiger partial charge in [-0.25, -0.2) is 0 Å². The third-order valence-corrected chi connectivity index (χ3v) is 0.939. The highest BCUT2D eigenvalue weighted by Crippen LogP contribution is 1.82. The zero-order valence-electron chi connectivity index (χ0n) is 5.00. The van der Waals surface area contributed by atoms with Gasteiger partial charge in [0.15, 0.2) is 0 Å². The van der Waals surface area contributed by atoms with Gasteiger partial charge in [-0.15, -0.1) is 17.0 Å². The molecular formula is C6H5BrN2O. The maximum atomic E-state index is 10.6. The summed E-state index contributed by atoms with van der Waals surface area (Å²) in [6.45, 7) is 0. The summed E-state index contributed by atoms with van der Waals surface area (Å²) in [6.07, 6.45) is 1.49. The van der Waals surface area contributed by atoms with E-state index in [0.717, 1.165) is 0 Å². The molecule has 0 spiro atoms. The lowest BCUT2D eigenvalue weighted by Gasteiger charge is -1.81. The van der Waals surface area contributed by atoms with E-state index in [0.29, 0.717) is 0 Å². The smallest absolute Gasteiger partial charge is 0.265 e. The van der Waals surface area contributed by atoms with E-state index >= 15 is 0 Å². The number of hydrogen-bond donors (Lipinski definition) is 1. The second-order valence-electron chi connectivity index (χ2n) is 1.52. The molecule has 1 N–H and O–H groups in total. The molecule has 0 aromatic carbocycles. The van der Waals surface area contributed by atoms with Crippen LogP contribution in [0.15, 0.2) is 23.1 Å². The van der Waals surface area contributed by atoms with Gasteiger partial charge in [-0.3, -0.25) is 4.79 Å². The number of hydrogen-bond acceptors (Lipinski definition) is 2. The Labute approximate surface area is 68.1 Å². The van der Waals surface area contributed by atoms with Crippen LogP contribution in [0.3, 0.4) is 0 Å². The molecule has 1 heterocycles. The van der Waals surface area contributed by atoms with Crippen molar-refractivity contribution in [3.63, 3.8) is 0 Å². The lowest BCUT2D eigenvalue weighted by molar-refractivity contribution is 1.21. The van der Waals surface area contributed by atoms with Gasteiger partial charge >= 0.3 is 0 Å². The monoisotopic (exact) mass is 200 g/mol. The molecule has 0 unspecified atom stereocenters. The number of halogens is 1. The Hall–Kier alpha value is -1.08. The summed E-state index contributed by atoms with van der Waals surface area (Å²) in [7, 11) is 0. The number of H-pyrrole nitrogens is 1. The molecule has 0 saturated carbocycles. The van der Waals surface area contributed by atoms with Crippen molar-refractivity contribution in [3.05, 3.63) is 34.2 Å². The molecule has 0 fully saturated rings. The summed E-state index contributed by atoms with van der Waals surface area (Å²) in [5, 5.41) is 8.25. The van der Waals surface area contributed by atoms with Crippen LogP contribution < -0.4 is 5.56 Å². The van der Waals surface area contributed by atoms with Gasteiger partial charge in [-0.05, 0) is 12.1 Å². The zero-order valence-corrected chi connectivity index (χ0v) is 6.71. The molecule has 1 aromatic heterocycles. The summed E-state index contributed by atoms with van der Waals surface area (Å²) in [5.41, 5.74) is -0.183. The summed E-state index contributed by atoms with van der Waals surface area (Å²) < 4.78 is 0. The Bertz CT molecular complexity index is 299. The van der Waals surface area contributed by atoms with Crippen LogP contribution in [0.5, 0.6) is 0 Å². The quantitative estimate of drug-likeness (QED) is 0.675. The van der Waals surface area contributed by atoms with Crippen LogP contribution >= 0.6 is 17.0 Å². The number of nitrogens with one attached hydrogen (secondary N) is 1. The molecule has 4 heteroatoms. The highest BCUT2D eigenvalue weighted by atomic mass is 79.9. The van der Waals surface area contributed by atoms with Crippen molar-refractivity contribution < 1.29 is 0 Å². The average Bonchev–Trinajstić information content (AvgIpc) is 1.89. The van der Waals surface area contributed by atoms with Crippen LogP contribution in [0.4, 0.5) is 0 Å². The second kappa shape index (κ2) is 3.85. The van der Waals surface area contributed by atoms with Crippen molar-refractivity contribution >= 4 is 17.0 Å². The number of pyridine rings is 1. The Morgan fingerprint density at radius 3 is 2.70 bits per heavy atom. The van der Waals surface area contributed by atoms with Crippen molar-refractivity contribution in [1.82, 2.24) is 4.98 Å². The first-order valence-electron chi connectivity index (χ1n) is 2.42. The van der Waals surface area contributed by atoms with Gasteiger partial charge in [-0.1, -0.05) is 0 Å². The molecule has 0 aliphatic heterocycles. The Morgan fingerprint density at radius 2 is 2.30 bits per heavy atom. The molecular weight excluding hydrogens is 196 g/mol. The minimum absolute atomic E-state index is 0. The predicted molar refractivity (Wildman–Crippen MR) is 42.1 cm³/mol. The predicted octanol–water partition coefficient (Wildman–Crippen LogP) is 0.824. The van der Waals surface area contributed by atoms with E-state index in [-0.39, 0.29) is 28.1 Å². The first-order chi connectivity index (χ1) is 4.34. The first-order valence-corrected chi connectivity index (χ1v) is 2.42. The molecule has 0 amide bonds. The number of nitrogens with zero attached hydrogens (tertiary/aromatic N) is 1. The number of aromatic amines is 1. The molecule has 0 radical (unpaired) electrons. The largest absolute Gasteiger partial charge is 0.328 e. The van der Waals surface area contributed by atoms with Crippen molar-refractivity contribution in [2.75, 3.05) is 0 Å². The lowest BCUT2D eigenvalue weighted by Crippen LogP contribution is -2.07. The summed E-state index contributed by atoms with van der Waals surface area (Å²) in [6, 6.07) is 4.83. The third-order valence-electron chi connectivity index (χ3n) is 0.939. The normalized spacial score (nSPS) is 7.50. The Kier molecular flexibility index (Phi) is 3.44. The van der Waals surface area contributed by atoms with Gasteiger partial charge in [0.1, 0.15) is 11.6 Å². The molecule has 0 aliphatic rings. The highest BCUT2D eigenvalue weighted by molar-refractivity contribution is 8.93. The molecule has 1 aromatic rings. The van der Waals surface area contributed by atoms with Gasteiger partial charge < -0.3 is 4.98 Å². The summed E-state index contributed by atoms with van der Waals surface area (Å²) >= 11 is 0.